The van der Waals surface area contributed by atoms with E-state index in [-0.39, 0.29) is 0 Å². The molecule has 0 radical (unpaired) electrons. The summed E-state index contributed by atoms with van der Waals surface area (Å²) in [4.78, 5) is 0. The molecule has 0 saturated heterocycles. The average Bonchev–Trinajstić information content (AvgIpc) is 2.64. The van der Waals surface area contributed by atoms with Crippen molar-refractivity contribution in [3.05, 3.63) is 23.8 Å². The number of aromatic nitrogens is 5. The standard InChI is InChI=1S/C10H13N5/c1-4-9-8(5-7(2)12-13-9)10-14-11-6-15(10)3/h5-6H,4H2,1-3H3. The summed E-state index contributed by atoms with van der Waals surface area (Å²) < 4.78 is 1.88. The second-order valence-corrected chi connectivity index (χ2v) is 3.47. The van der Waals surface area contributed by atoms with E-state index in [0.29, 0.717) is 0 Å². The van der Waals surface area contributed by atoms with Crippen LogP contribution in [0.4, 0.5) is 0 Å². The minimum Gasteiger partial charge on any atom is -0.317 e. The molecular weight excluding hydrogens is 190 g/mol. The van der Waals surface area contributed by atoms with E-state index in [2.05, 4.69) is 27.3 Å². The number of nitrogens with zero attached hydrogens (tertiary/aromatic N) is 5. The molecule has 0 atom stereocenters. The molecule has 0 aliphatic carbocycles. The summed E-state index contributed by atoms with van der Waals surface area (Å²) in [6.45, 7) is 3.98. The molecule has 0 aliphatic heterocycles. The smallest absolute Gasteiger partial charge is 0.165 e. The van der Waals surface area contributed by atoms with E-state index in [1.165, 1.54) is 0 Å². The molecule has 0 fully saturated rings. The van der Waals surface area contributed by atoms with Crippen molar-refractivity contribution < 1.29 is 0 Å². The van der Waals surface area contributed by atoms with Gasteiger partial charge in [-0.2, -0.15) is 10.2 Å². The van der Waals surface area contributed by atoms with Crippen LogP contribution >= 0.6 is 0 Å². The highest BCUT2D eigenvalue weighted by atomic mass is 15.2. The first-order chi connectivity index (χ1) is 7.22. The molecule has 2 aromatic heterocycles. The van der Waals surface area contributed by atoms with Crippen molar-refractivity contribution >= 4 is 0 Å². The van der Waals surface area contributed by atoms with Crippen LogP contribution in [0.3, 0.4) is 0 Å². The van der Waals surface area contributed by atoms with Crippen molar-refractivity contribution in [2.75, 3.05) is 0 Å². The van der Waals surface area contributed by atoms with E-state index in [9.17, 15) is 0 Å². The van der Waals surface area contributed by atoms with Crippen LogP contribution in [0.5, 0.6) is 0 Å². The van der Waals surface area contributed by atoms with Crippen molar-refractivity contribution in [2.24, 2.45) is 7.05 Å². The van der Waals surface area contributed by atoms with Gasteiger partial charge in [-0.25, -0.2) is 0 Å². The minimum absolute atomic E-state index is 0.838. The Morgan fingerprint density at radius 2 is 2.07 bits per heavy atom. The van der Waals surface area contributed by atoms with Crippen LogP contribution in [0, 0.1) is 6.92 Å². The SMILES string of the molecule is CCc1nnc(C)cc1-c1nncn1C. The second kappa shape index (κ2) is 3.76. The lowest BCUT2D eigenvalue weighted by molar-refractivity contribution is 0.873. The molecule has 0 amide bonds. The van der Waals surface area contributed by atoms with Gasteiger partial charge in [-0.05, 0) is 19.4 Å². The molecule has 0 aromatic carbocycles. The number of aryl methyl sites for hydroxylation is 3. The van der Waals surface area contributed by atoms with E-state index in [0.717, 1.165) is 29.2 Å². The lowest BCUT2D eigenvalue weighted by Crippen LogP contribution is -2.01. The maximum absolute atomic E-state index is 4.16. The predicted molar refractivity (Wildman–Crippen MR) is 56.1 cm³/mol. The lowest BCUT2D eigenvalue weighted by Gasteiger charge is -2.05. The van der Waals surface area contributed by atoms with Crippen molar-refractivity contribution in [1.82, 2.24) is 25.0 Å². The molecule has 78 valence electrons. The minimum atomic E-state index is 0.838. The normalized spacial score (nSPS) is 10.6. The van der Waals surface area contributed by atoms with Crippen molar-refractivity contribution in [1.29, 1.82) is 0 Å². The maximum atomic E-state index is 4.16. The summed E-state index contributed by atoms with van der Waals surface area (Å²) in [5.74, 6) is 0.838. The van der Waals surface area contributed by atoms with Crippen molar-refractivity contribution in [3.8, 4) is 11.4 Å². The quantitative estimate of drug-likeness (QED) is 0.734. The van der Waals surface area contributed by atoms with Gasteiger partial charge in [-0.1, -0.05) is 6.92 Å². The fourth-order valence-electron chi connectivity index (χ4n) is 1.50. The molecule has 0 bridgehead atoms. The fraction of sp³-hybridized carbons (Fsp3) is 0.400. The molecule has 2 aromatic rings. The Hall–Kier alpha value is -1.78. The van der Waals surface area contributed by atoms with Gasteiger partial charge in [0.05, 0.1) is 11.4 Å². The Labute approximate surface area is 88.2 Å². The highest BCUT2D eigenvalue weighted by Gasteiger charge is 2.11. The van der Waals surface area contributed by atoms with E-state index in [1.54, 1.807) is 6.33 Å². The molecule has 2 rings (SSSR count). The van der Waals surface area contributed by atoms with Gasteiger partial charge >= 0.3 is 0 Å². The third-order valence-electron chi connectivity index (χ3n) is 2.28. The Kier molecular flexibility index (Phi) is 2.45. The fourth-order valence-corrected chi connectivity index (χ4v) is 1.50. The van der Waals surface area contributed by atoms with Crippen LogP contribution in [-0.4, -0.2) is 25.0 Å². The first-order valence-corrected chi connectivity index (χ1v) is 4.90. The second-order valence-electron chi connectivity index (χ2n) is 3.47. The molecular formula is C10H13N5. The third-order valence-corrected chi connectivity index (χ3v) is 2.28. The summed E-state index contributed by atoms with van der Waals surface area (Å²) in [6, 6.07) is 2.00. The van der Waals surface area contributed by atoms with Crippen molar-refractivity contribution in [3.63, 3.8) is 0 Å². The zero-order chi connectivity index (χ0) is 10.8. The number of hydrogen-bond donors (Lipinski definition) is 0. The first-order valence-electron chi connectivity index (χ1n) is 4.90. The van der Waals surface area contributed by atoms with Gasteiger partial charge in [0, 0.05) is 12.6 Å². The van der Waals surface area contributed by atoms with Gasteiger partial charge in [-0.3, -0.25) is 0 Å². The van der Waals surface area contributed by atoms with Gasteiger partial charge in [0.1, 0.15) is 6.33 Å². The van der Waals surface area contributed by atoms with E-state index in [4.69, 9.17) is 0 Å². The van der Waals surface area contributed by atoms with Gasteiger partial charge in [0.2, 0.25) is 0 Å². The average molecular weight is 203 g/mol. The molecule has 0 saturated carbocycles. The summed E-state index contributed by atoms with van der Waals surface area (Å²) >= 11 is 0. The molecule has 0 unspecified atom stereocenters. The highest BCUT2D eigenvalue weighted by Crippen LogP contribution is 2.19. The van der Waals surface area contributed by atoms with Crippen LogP contribution < -0.4 is 0 Å². The molecule has 0 aliphatic rings. The molecule has 0 N–H and O–H groups in total. The van der Waals surface area contributed by atoms with E-state index >= 15 is 0 Å². The Balaban J connectivity index is 2.60. The Bertz CT molecular complexity index is 474. The van der Waals surface area contributed by atoms with Crippen molar-refractivity contribution in [2.45, 2.75) is 20.3 Å². The zero-order valence-electron chi connectivity index (χ0n) is 9.10. The summed E-state index contributed by atoms with van der Waals surface area (Å²) in [6.07, 6.45) is 2.53. The third kappa shape index (κ3) is 1.72. The van der Waals surface area contributed by atoms with Crippen LogP contribution in [0.2, 0.25) is 0 Å². The molecule has 0 spiro atoms. The Morgan fingerprint density at radius 3 is 2.67 bits per heavy atom. The van der Waals surface area contributed by atoms with Crippen LogP contribution in [0.25, 0.3) is 11.4 Å². The zero-order valence-corrected chi connectivity index (χ0v) is 9.10. The maximum Gasteiger partial charge on any atom is 0.165 e. The van der Waals surface area contributed by atoms with Gasteiger partial charge in [0.15, 0.2) is 5.82 Å². The Morgan fingerprint density at radius 1 is 1.27 bits per heavy atom. The molecule has 5 heteroatoms. The van der Waals surface area contributed by atoms with Crippen LogP contribution in [-0.2, 0) is 13.5 Å². The molecule has 5 nitrogen and oxygen atoms in total. The van der Waals surface area contributed by atoms with Crippen LogP contribution in [0.1, 0.15) is 18.3 Å². The highest BCUT2D eigenvalue weighted by molar-refractivity contribution is 5.58. The molecule has 2 heterocycles. The van der Waals surface area contributed by atoms with Crippen LogP contribution in [0.15, 0.2) is 12.4 Å². The van der Waals surface area contributed by atoms with E-state index < -0.39 is 0 Å². The molecule has 15 heavy (non-hydrogen) atoms. The largest absolute Gasteiger partial charge is 0.317 e. The van der Waals surface area contributed by atoms with Gasteiger partial charge in [0.25, 0.3) is 0 Å². The topological polar surface area (TPSA) is 56.5 Å². The lowest BCUT2D eigenvalue weighted by atomic mass is 10.1. The van der Waals surface area contributed by atoms with E-state index in [1.807, 2.05) is 24.6 Å². The predicted octanol–water partition coefficient (Wildman–Crippen LogP) is 1.14. The first kappa shape index (κ1) is 9.76. The summed E-state index contributed by atoms with van der Waals surface area (Å²) in [5, 5.41) is 16.2. The summed E-state index contributed by atoms with van der Waals surface area (Å²) in [5.41, 5.74) is 2.87. The van der Waals surface area contributed by atoms with Gasteiger partial charge in [-0.15, -0.1) is 10.2 Å². The number of rotatable bonds is 2. The van der Waals surface area contributed by atoms with Gasteiger partial charge < -0.3 is 4.57 Å². The number of hydrogen-bond acceptors (Lipinski definition) is 4. The monoisotopic (exact) mass is 203 g/mol. The summed E-state index contributed by atoms with van der Waals surface area (Å²) in [7, 11) is 1.92.